The van der Waals surface area contributed by atoms with Gasteiger partial charge in [-0.25, -0.2) is 0 Å². The highest BCUT2D eigenvalue weighted by atomic mass is 35.5. The highest BCUT2D eigenvalue weighted by Gasteiger charge is 2.09. The van der Waals surface area contributed by atoms with E-state index < -0.39 is 0 Å². The summed E-state index contributed by atoms with van der Waals surface area (Å²) in [6, 6.07) is 6.30. The topological polar surface area (TPSA) is 68.0 Å². The van der Waals surface area contributed by atoms with E-state index in [0.717, 1.165) is 0 Å². The number of nitrogens with one attached hydrogen (secondary N) is 1. The molecule has 92 valence electrons. The van der Waals surface area contributed by atoms with Gasteiger partial charge < -0.3 is 11.1 Å². The van der Waals surface area contributed by atoms with Crippen LogP contribution in [0.2, 0.25) is 10.0 Å². The molecule has 1 amide bonds. The molecule has 2 aromatic rings. The monoisotopic (exact) mass is 281 g/mol. The maximum Gasteiger partial charge on any atom is 0.255 e. The summed E-state index contributed by atoms with van der Waals surface area (Å²) in [4.78, 5) is 15.7. The van der Waals surface area contributed by atoms with Crippen LogP contribution in [0, 0.1) is 0 Å². The first-order valence-electron chi connectivity index (χ1n) is 5.04. The summed E-state index contributed by atoms with van der Waals surface area (Å²) in [7, 11) is 0. The van der Waals surface area contributed by atoms with Crippen LogP contribution in [0.4, 0.5) is 11.4 Å². The number of amides is 1. The van der Waals surface area contributed by atoms with Gasteiger partial charge in [0.15, 0.2) is 0 Å². The Balaban J connectivity index is 2.23. The lowest BCUT2D eigenvalue weighted by molar-refractivity contribution is 0.102. The molecule has 0 fully saturated rings. The van der Waals surface area contributed by atoms with Gasteiger partial charge in [0, 0.05) is 23.6 Å². The maximum absolute atomic E-state index is 11.9. The minimum absolute atomic E-state index is 0.269. The molecule has 0 aliphatic carbocycles. The van der Waals surface area contributed by atoms with Crippen molar-refractivity contribution in [1.29, 1.82) is 0 Å². The maximum atomic E-state index is 11.9. The van der Waals surface area contributed by atoms with E-state index in [1.54, 1.807) is 24.3 Å². The zero-order chi connectivity index (χ0) is 13.1. The van der Waals surface area contributed by atoms with Crippen LogP contribution in [0.15, 0.2) is 36.7 Å². The Morgan fingerprint density at radius 3 is 2.28 bits per heavy atom. The number of benzene rings is 1. The van der Waals surface area contributed by atoms with Crippen LogP contribution in [0.25, 0.3) is 0 Å². The standard InChI is InChI=1S/C12H9Cl2N3O/c13-9-5-8(6-10(14)11(9)15)17-12(18)7-1-3-16-4-2-7/h1-6H,15H2,(H,17,18). The Morgan fingerprint density at radius 1 is 1.17 bits per heavy atom. The van der Waals surface area contributed by atoms with E-state index in [9.17, 15) is 4.79 Å². The van der Waals surface area contributed by atoms with Gasteiger partial charge in [-0.1, -0.05) is 23.2 Å². The predicted octanol–water partition coefficient (Wildman–Crippen LogP) is 3.22. The summed E-state index contributed by atoms with van der Waals surface area (Å²) in [6.07, 6.45) is 3.08. The number of nitrogen functional groups attached to an aromatic ring is 1. The zero-order valence-corrected chi connectivity index (χ0v) is 10.7. The second-order valence-electron chi connectivity index (χ2n) is 3.54. The fourth-order valence-corrected chi connectivity index (χ4v) is 1.85. The molecular formula is C12H9Cl2N3O. The molecule has 0 atom stereocenters. The van der Waals surface area contributed by atoms with E-state index >= 15 is 0 Å². The number of halogens is 2. The van der Waals surface area contributed by atoms with Crippen molar-refractivity contribution in [2.75, 3.05) is 11.1 Å². The fraction of sp³-hybridized carbons (Fsp3) is 0. The van der Waals surface area contributed by atoms with Crippen LogP contribution in [0.1, 0.15) is 10.4 Å². The Bertz CT molecular complexity index is 564. The average Bonchev–Trinajstić information content (AvgIpc) is 2.37. The number of pyridine rings is 1. The van der Waals surface area contributed by atoms with Gasteiger partial charge in [-0.05, 0) is 24.3 Å². The van der Waals surface area contributed by atoms with Crippen molar-refractivity contribution in [3.63, 3.8) is 0 Å². The van der Waals surface area contributed by atoms with E-state index in [2.05, 4.69) is 10.3 Å². The molecule has 4 nitrogen and oxygen atoms in total. The molecule has 0 spiro atoms. The SMILES string of the molecule is Nc1c(Cl)cc(NC(=O)c2ccncc2)cc1Cl. The number of carbonyl (C=O) groups is 1. The molecule has 0 saturated carbocycles. The highest BCUT2D eigenvalue weighted by Crippen LogP contribution is 2.31. The minimum Gasteiger partial charge on any atom is -0.396 e. The van der Waals surface area contributed by atoms with Crippen LogP contribution < -0.4 is 11.1 Å². The summed E-state index contributed by atoms with van der Waals surface area (Å²) in [5, 5.41) is 3.27. The number of carbonyl (C=O) groups excluding carboxylic acids is 1. The van der Waals surface area contributed by atoms with E-state index in [0.29, 0.717) is 27.0 Å². The molecule has 0 bridgehead atoms. The molecule has 3 N–H and O–H groups in total. The first-order valence-corrected chi connectivity index (χ1v) is 5.79. The van der Waals surface area contributed by atoms with E-state index in [1.165, 1.54) is 12.4 Å². The summed E-state index contributed by atoms with van der Waals surface area (Å²) in [5.41, 5.74) is 6.88. The number of hydrogen-bond acceptors (Lipinski definition) is 3. The molecule has 0 radical (unpaired) electrons. The van der Waals surface area contributed by atoms with Gasteiger partial charge in [-0.2, -0.15) is 0 Å². The molecule has 0 unspecified atom stereocenters. The number of aromatic nitrogens is 1. The van der Waals surface area contributed by atoms with Gasteiger partial charge in [0.25, 0.3) is 5.91 Å². The average molecular weight is 282 g/mol. The smallest absolute Gasteiger partial charge is 0.255 e. The molecule has 0 aliphatic heterocycles. The molecule has 1 heterocycles. The zero-order valence-electron chi connectivity index (χ0n) is 9.15. The quantitative estimate of drug-likeness (QED) is 0.831. The van der Waals surface area contributed by atoms with Gasteiger partial charge in [-0.15, -0.1) is 0 Å². The Morgan fingerprint density at radius 2 is 1.72 bits per heavy atom. The second kappa shape index (κ2) is 5.25. The number of nitrogens with zero attached hydrogens (tertiary/aromatic N) is 1. The van der Waals surface area contributed by atoms with Crippen molar-refractivity contribution in [3.8, 4) is 0 Å². The van der Waals surface area contributed by atoms with Crippen molar-refractivity contribution < 1.29 is 4.79 Å². The van der Waals surface area contributed by atoms with Crippen LogP contribution >= 0.6 is 23.2 Å². The first-order chi connectivity index (χ1) is 8.58. The molecule has 18 heavy (non-hydrogen) atoms. The molecule has 1 aromatic carbocycles. The molecular weight excluding hydrogens is 273 g/mol. The van der Waals surface area contributed by atoms with Gasteiger partial charge in [0.05, 0.1) is 15.7 Å². The van der Waals surface area contributed by atoms with Crippen molar-refractivity contribution in [3.05, 3.63) is 52.3 Å². The number of rotatable bonds is 2. The first kappa shape index (κ1) is 12.7. The summed E-state index contributed by atoms with van der Waals surface area (Å²) >= 11 is 11.8. The highest BCUT2D eigenvalue weighted by molar-refractivity contribution is 6.39. The van der Waals surface area contributed by atoms with Gasteiger partial charge >= 0.3 is 0 Å². The van der Waals surface area contributed by atoms with Crippen LogP contribution in [-0.4, -0.2) is 10.9 Å². The Kier molecular flexibility index (Phi) is 3.69. The minimum atomic E-state index is -0.269. The lowest BCUT2D eigenvalue weighted by Crippen LogP contribution is -2.12. The summed E-state index contributed by atoms with van der Waals surface area (Å²) < 4.78 is 0. The lowest BCUT2D eigenvalue weighted by Gasteiger charge is -2.08. The molecule has 0 aliphatic rings. The Hall–Kier alpha value is -1.78. The van der Waals surface area contributed by atoms with Crippen molar-refractivity contribution in [2.24, 2.45) is 0 Å². The molecule has 6 heteroatoms. The number of nitrogens with two attached hydrogens (primary N) is 1. The second-order valence-corrected chi connectivity index (χ2v) is 4.36. The van der Waals surface area contributed by atoms with Crippen LogP contribution in [0.5, 0.6) is 0 Å². The lowest BCUT2D eigenvalue weighted by atomic mass is 10.2. The van der Waals surface area contributed by atoms with E-state index in [4.69, 9.17) is 28.9 Å². The molecule has 1 aromatic heterocycles. The third kappa shape index (κ3) is 2.72. The van der Waals surface area contributed by atoms with Gasteiger partial charge in [0.2, 0.25) is 0 Å². The van der Waals surface area contributed by atoms with Crippen LogP contribution in [0.3, 0.4) is 0 Å². The van der Waals surface area contributed by atoms with Gasteiger partial charge in [0.1, 0.15) is 0 Å². The van der Waals surface area contributed by atoms with Crippen molar-refractivity contribution in [2.45, 2.75) is 0 Å². The van der Waals surface area contributed by atoms with Crippen molar-refractivity contribution >= 4 is 40.5 Å². The van der Waals surface area contributed by atoms with Crippen LogP contribution in [-0.2, 0) is 0 Å². The Labute approximate surface area is 114 Å². The summed E-state index contributed by atoms with van der Waals surface area (Å²) in [6.45, 7) is 0. The van der Waals surface area contributed by atoms with E-state index in [-0.39, 0.29) is 5.91 Å². The summed E-state index contributed by atoms with van der Waals surface area (Å²) in [5.74, 6) is -0.269. The normalized spacial score (nSPS) is 10.1. The third-order valence-electron chi connectivity index (χ3n) is 2.28. The van der Waals surface area contributed by atoms with E-state index in [1.807, 2.05) is 0 Å². The molecule has 2 rings (SSSR count). The number of hydrogen-bond donors (Lipinski definition) is 2. The van der Waals surface area contributed by atoms with Crippen molar-refractivity contribution in [1.82, 2.24) is 4.98 Å². The number of anilines is 2. The third-order valence-corrected chi connectivity index (χ3v) is 2.90. The fourth-order valence-electron chi connectivity index (χ4n) is 1.36. The largest absolute Gasteiger partial charge is 0.396 e. The van der Waals surface area contributed by atoms with Gasteiger partial charge in [-0.3, -0.25) is 9.78 Å². The predicted molar refractivity (Wildman–Crippen MR) is 73.1 cm³/mol. The molecule has 0 saturated heterocycles.